The topological polar surface area (TPSA) is 32.8 Å². The Kier molecular flexibility index (Phi) is 6.58. The van der Waals surface area contributed by atoms with Gasteiger partial charge in [-0.1, -0.05) is 26.0 Å². The molecule has 2 saturated heterocycles. The molecule has 0 aromatic heterocycles. The van der Waals surface area contributed by atoms with Gasteiger partial charge < -0.3 is 14.5 Å². The van der Waals surface area contributed by atoms with E-state index in [0.717, 1.165) is 42.7 Å². The van der Waals surface area contributed by atoms with Crippen LogP contribution in [0, 0.1) is 24.7 Å². The maximum atomic E-state index is 12.5. The normalized spacial score (nSPS) is 22.2. The number of carbonyl (C=O) groups excluding carboxylic acids is 1. The van der Waals surface area contributed by atoms with Crippen molar-refractivity contribution < 1.29 is 9.53 Å². The zero-order valence-corrected chi connectivity index (χ0v) is 16.6. The van der Waals surface area contributed by atoms with Crippen molar-refractivity contribution in [2.24, 2.45) is 17.8 Å². The van der Waals surface area contributed by atoms with Gasteiger partial charge in [0.1, 0.15) is 5.75 Å². The first-order valence-corrected chi connectivity index (χ1v) is 10.2. The van der Waals surface area contributed by atoms with Gasteiger partial charge in [-0.25, -0.2) is 0 Å². The SMILES string of the molecule is Cc1cccc(OCC(=O)N2CC[C@@H](C3CCN(CC(C)C)CC3)C2)c1. The van der Waals surface area contributed by atoms with E-state index in [0.29, 0.717) is 5.92 Å². The zero-order chi connectivity index (χ0) is 18.5. The molecule has 0 N–H and O–H groups in total. The number of hydrogen-bond donors (Lipinski definition) is 0. The summed E-state index contributed by atoms with van der Waals surface area (Å²) in [4.78, 5) is 17.1. The van der Waals surface area contributed by atoms with Crippen molar-refractivity contribution >= 4 is 5.91 Å². The molecule has 3 rings (SSSR count). The molecule has 4 heteroatoms. The van der Waals surface area contributed by atoms with Crippen LogP contribution in [0.3, 0.4) is 0 Å². The lowest BCUT2D eigenvalue weighted by molar-refractivity contribution is -0.132. The highest BCUT2D eigenvalue weighted by molar-refractivity contribution is 5.78. The second kappa shape index (κ2) is 8.90. The molecule has 2 heterocycles. The molecule has 0 aliphatic carbocycles. The molecule has 2 aliphatic rings. The number of benzene rings is 1. The van der Waals surface area contributed by atoms with E-state index in [1.165, 1.54) is 32.5 Å². The Morgan fingerprint density at radius 3 is 2.58 bits per heavy atom. The van der Waals surface area contributed by atoms with Crippen LogP contribution in [0.2, 0.25) is 0 Å². The lowest BCUT2D eigenvalue weighted by atomic mass is 9.83. The van der Waals surface area contributed by atoms with Crippen LogP contribution in [-0.4, -0.2) is 55.0 Å². The van der Waals surface area contributed by atoms with E-state index < -0.39 is 0 Å². The van der Waals surface area contributed by atoms with Crippen LogP contribution in [0.25, 0.3) is 0 Å². The zero-order valence-electron chi connectivity index (χ0n) is 16.6. The van der Waals surface area contributed by atoms with Gasteiger partial charge in [0.25, 0.3) is 5.91 Å². The summed E-state index contributed by atoms with van der Waals surface area (Å²) in [5, 5.41) is 0. The fraction of sp³-hybridized carbons (Fsp3) is 0.682. The number of piperidine rings is 1. The Balaban J connectivity index is 1.41. The highest BCUT2D eigenvalue weighted by Gasteiger charge is 2.33. The third kappa shape index (κ3) is 5.23. The van der Waals surface area contributed by atoms with Crippen LogP contribution in [0.5, 0.6) is 5.75 Å². The molecular weight excluding hydrogens is 324 g/mol. The van der Waals surface area contributed by atoms with Crippen LogP contribution in [-0.2, 0) is 4.79 Å². The van der Waals surface area contributed by atoms with Gasteiger partial charge in [0.2, 0.25) is 0 Å². The Bertz CT molecular complexity index is 594. The number of nitrogens with zero attached hydrogens (tertiary/aromatic N) is 2. The van der Waals surface area contributed by atoms with Gasteiger partial charge in [-0.15, -0.1) is 0 Å². The predicted molar refractivity (Wildman–Crippen MR) is 105 cm³/mol. The molecule has 2 fully saturated rings. The minimum absolute atomic E-state index is 0.131. The molecular formula is C22H34N2O2. The molecule has 0 saturated carbocycles. The summed E-state index contributed by atoms with van der Waals surface area (Å²) in [5.74, 6) is 3.13. The van der Waals surface area contributed by atoms with Crippen LogP contribution >= 0.6 is 0 Å². The van der Waals surface area contributed by atoms with Gasteiger partial charge in [-0.2, -0.15) is 0 Å². The molecule has 4 nitrogen and oxygen atoms in total. The minimum atomic E-state index is 0.131. The summed E-state index contributed by atoms with van der Waals surface area (Å²) >= 11 is 0. The van der Waals surface area contributed by atoms with Crippen LogP contribution in [0.4, 0.5) is 0 Å². The van der Waals surface area contributed by atoms with Gasteiger partial charge in [0.05, 0.1) is 0 Å². The number of likely N-dealkylation sites (tertiary alicyclic amines) is 2. The molecule has 2 aliphatic heterocycles. The fourth-order valence-corrected chi connectivity index (χ4v) is 4.46. The number of hydrogen-bond acceptors (Lipinski definition) is 3. The summed E-state index contributed by atoms with van der Waals surface area (Å²) < 4.78 is 5.69. The van der Waals surface area contributed by atoms with E-state index in [2.05, 4.69) is 18.7 Å². The average molecular weight is 359 g/mol. The van der Waals surface area contributed by atoms with Gasteiger partial charge in [0, 0.05) is 19.6 Å². The van der Waals surface area contributed by atoms with Gasteiger partial charge >= 0.3 is 0 Å². The Hall–Kier alpha value is -1.55. The van der Waals surface area contributed by atoms with Crippen molar-refractivity contribution in [2.75, 3.05) is 39.3 Å². The van der Waals surface area contributed by atoms with Crippen molar-refractivity contribution in [1.29, 1.82) is 0 Å². The quantitative estimate of drug-likeness (QED) is 0.779. The van der Waals surface area contributed by atoms with Gasteiger partial charge in [-0.05, 0) is 74.7 Å². The molecule has 0 unspecified atom stereocenters. The third-order valence-electron chi connectivity index (χ3n) is 5.85. The average Bonchev–Trinajstić information content (AvgIpc) is 3.10. The van der Waals surface area contributed by atoms with Gasteiger partial charge in [0.15, 0.2) is 6.61 Å². The van der Waals surface area contributed by atoms with Crippen LogP contribution in [0.15, 0.2) is 24.3 Å². The monoisotopic (exact) mass is 358 g/mol. The highest BCUT2D eigenvalue weighted by atomic mass is 16.5. The van der Waals surface area contributed by atoms with E-state index in [-0.39, 0.29) is 12.5 Å². The summed E-state index contributed by atoms with van der Waals surface area (Å²) in [5.41, 5.74) is 1.15. The Labute approximate surface area is 158 Å². The summed E-state index contributed by atoms with van der Waals surface area (Å²) in [6.45, 7) is 12.3. The van der Waals surface area contributed by atoms with E-state index in [9.17, 15) is 4.79 Å². The van der Waals surface area contributed by atoms with Crippen molar-refractivity contribution in [3.8, 4) is 5.75 Å². The first-order valence-electron chi connectivity index (χ1n) is 10.2. The molecule has 26 heavy (non-hydrogen) atoms. The molecule has 1 aromatic carbocycles. The molecule has 1 aromatic rings. The Morgan fingerprint density at radius 1 is 1.15 bits per heavy atom. The largest absolute Gasteiger partial charge is 0.484 e. The van der Waals surface area contributed by atoms with E-state index in [4.69, 9.17) is 4.74 Å². The lowest BCUT2D eigenvalue weighted by Crippen LogP contribution is -2.39. The highest BCUT2D eigenvalue weighted by Crippen LogP contribution is 2.32. The second-order valence-corrected chi connectivity index (χ2v) is 8.53. The molecule has 0 radical (unpaired) electrons. The standard InChI is InChI=1S/C22H34N2O2/c1-17(2)14-23-10-7-19(8-11-23)20-9-12-24(15-20)22(25)16-26-21-6-4-5-18(3)13-21/h4-6,13,17,19-20H,7-12,14-16H2,1-3H3/t20-/m1/s1. The van der Waals surface area contributed by atoms with E-state index in [1.807, 2.05) is 36.1 Å². The first-order chi connectivity index (χ1) is 12.5. The third-order valence-corrected chi connectivity index (χ3v) is 5.85. The van der Waals surface area contributed by atoms with Crippen molar-refractivity contribution in [3.05, 3.63) is 29.8 Å². The summed E-state index contributed by atoms with van der Waals surface area (Å²) in [7, 11) is 0. The predicted octanol–water partition coefficient (Wildman–Crippen LogP) is 3.59. The van der Waals surface area contributed by atoms with E-state index >= 15 is 0 Å². The molecule has 0 spiro atoms. The van der Waals surface area contributed by atoms with Gasteiger partial charge in [-0.3, -0.25) is 4.79 Å². The number of carbonyl (C=O) groups is 1. The Morgan fingerprint density at radius 2 is 1.88 bits per heavy atom. The first kappa shape index (κ1) is 19.2. The number of aryl methyl sites for hydroxylation is 1. The fourth-order valence-electron chi connectivity index (χ4n) is 4.46. The molecule has 1 amide bonds. The van der Waals surface area contributed by atoms with Crippen LogP contribution in [0.1, 0.15) is 38.7 Å². The lowest BCUT2D eigenvalue weighted by Gasteiger charge is -2.35. The maximum Gasteiger partial charge on any atom is 0.260 e. The molecule has 1 atom stereocenters. The second-order valence-electron chi connectivity index (χ2n) is 8.53. The van der Waals surface area contributed by atoms with E-state index in [1.54, 1.807) is 0 Å². The molecule has 144 valence electrons. The smallest absolute Gasteiger partial charge is 0.260 e. The number of rotatable bonds is 6. The van der Waals surface area contributed by atoms with Crippen molar-refractivity contribution in [1.82, 2.24) is 9.80 Å². The van der Waals surface area contributed by atoms with Crippen molar-refractivity contribution in [3.63, 3.8) is 0 Å². The summed E-state index contributed by atoms with van der Waals surface area (Å²) in [6.07, 6.45) is 3.74. The maximum absolute atomic E-state index is 12.5. The number of ether oxygens (including phenoxy) is 1. The minimum Gasteiger partial charge on any atom is -0.484 e. The van der Waals surface area contributed by atoms with Crippen molar-refractivity contribution in [2.45, 2.75) is 40.0 Å². The molecule has 0 bridgehead atoms. The number of amides is 1. The van der Waals surface area contributed by atoms with Crippen LogP contribution < -0.4 is 4.74 Å². The summed E-state index contributed by atoms with van der Waals surface area (Å²) in [6, 6.07) is 7.89.